The highest BCUT2D eigenvalue weighted by molar-refractivity contribution is 5.34. The van der Waals surface area contributed by atoms with E-state index in [4.69, 9.17) is 4.42 Å². The summed E-state index contributed by atoms with van der Waals surface area (Å²) in [5.74, 6) is -0.0395. The summed E-state index contributed by atoms with van der Waals surface area (Å²) in [6, 6.07) is 22.2. The van der Waals surface area contributed by atoms with Crippen LogP contribution in [0.4, 0.5) is 0 Å². The van der Waals surface area contributed by atoms with Gasteiger partial charge in [0, 0.05) is 12.3 Å². The Morgan fingerprint density at radius 2 is 1.38 bits per heavy atom. The van der Waals surface area contributed by atoms with Crippen LogP contribution in [0.25, 0.3) is 0 Å². The number of aliphatic hydroxyl groups is 1. The number of rotatable bonds is 5. The van der Waals surface area contributed by atoms with Gasteiger partial charge in [-0.05, 0) is 22.8 Å². The Hall–Kier alpha value is -2.32. The van der Waals surface area contributed by atoms with Crippen LogP contribution >= 0.6 is 0 Å². The van der Waals surface area contributed by atoms with E-state index in [2.05, 4.69) is 24.3 Å². The lowest BCUT2D eigenvalue weighted by Crippen LogP contribution is -2.22. The van der Waals surface area contributed by atoms with Crippen LogP contribution in [-0.4, -0.2) is 11.2 Å². The van der Waals surface area contributed by atoms with Gasteiger partial charge in [-0.2, -0.15) is 0 Å². The fourth-order valence-corrected chi connectivity index (χ4v) is 2.73. The van der Waals surface area contributed by atoms with Crippen LogP contribution in [-0.2, 0) is 6.42 Å². The maximum Gasteiger partial charge on any atom is 0.0935 e. The van der Waals surface area contributed by atoms with Crippen LogP contribution in [0, 0.1) is 0 Å². The van der Waals surface area contributed by atoms with Crippen molar-refractivity contribution in [1.82, 2.24) is 0 Å². The summed E-state index contributed by atoms with van der Waals surface area (Å²) in [6.07, 6.45) is 3.41. The highest BCUT2D eigenvalue weighted by atomic mass is 16.3. The molecule has 3 aromatic rings. The van der Waals surface area contributed by atoms with Gasteiger partial charge in [-0.3, -0.25) is 0 Å². The zero-order valence-electron chi connectivity index (χ0n) is 11.7. The van der Waals surface area contributed by atoms with Gasteiger partial charge >= 0.3 is 0 Å². The van der Waals surface area contributed by atoms with Crippen molar-refractivity contribution in [1.29, 1.82) is 0 Å². The first kappa shape index (κ1) is 13.7. The smallest absolute Gasteiger partial charge is 0.0935 e. The van der Waals surface area contributed by atoms with Gasteiger partial charge in [0.15, 0.2) is 0 Å². The molecule has 0 spiro atoms. The quantitative estimate of drug-likeness (QED) is 0.765. The maximum absolute atomic E-state index is 10.7. The van der Waals surface area contributed by atoms with Crippen LogP contribution in [0.2, 0.25) is 0 Å². The molecule has 0 saturated carbocycles. The normalized spacial score (nSPS) is 12.5. The van der Waals surface area contributed by atoms with Crippen molar-refractivity contribution in [3.8, 4) is 0 Å². The fraction of sp³-hybridized carbons (Fsp3) is 0.158. The molecule has 2 nitrogen and oxygen atoms in total. The topological polar surface area (TPSA) is 33.4 Å². The minimum atomic E-state index is -0.493. The first-order valence-electron chi connectivity index (χ1n) is 7.13. The standard InChI is InChI=1S/C19H18O2/c20-18(13-15-11-12-21-14-15)19(16-7-3-1-4-8-16)17-9-5-2-6-10-17/h1-12,14,18-20H,13H2. The van der Waals surface area contributed by atoms with Gasteiger partial charge in [0.2, 0.25) is 0 Å². The molecule has 0 radical (unpaired) electrons. The van der Waals surface area contributed by atoms with Gasteiger partial charge in [-0.15, -0.1) is 0 Å². The molecule has 0 amide bonds. The Balaban J connectivity index is 1.92. The second-order valence-corrected chi connectivity index (χ2v) is 5.20. The summed E-state index contributed by atoms with van der Waals surface area (Å²) in [7, 11) is 0. The molecule has 0 saturated heterocycles. The molecular weight excluding hydrogens is 260 g/mol. The number of hydrogen-bond donors (Lipinski definition) is 1. The summed E-state index contributed by atoms with van der Waals surface area (Å²) in [5, 5.41) is 10.7. The lowest BCUT2D eigenvalue weighted by Gasteiger charge is -2.23. The summed E-state index contributed by atoms with van der Waals surface area (Å²) >= 11 is 0. The molecule has 0 aliphatic carbocycles. The van der Waals surface area contributed by atoms with Gasteiger partial charge in [0.25, 0.3) is 0 Å². The van der Waals surface area contributed by atoms with Crippen LogP contribution in [0.5, 0.6) is 0 Å². The number of aliphatic hydroxyl groups excluding tert-OH is 1. The first-order chi connectivity index (χ1) is 10.3. The minimum absolute atomic E-state index is 0.0395. The summed E-state index contributed by atoms with van der Waals surface area (Å²) < 4.78 is 5.10. The minimum Gasteiger partial charge on any atom is -0.472 e. The molecule has 0 bridgehead atoms. The second-order valence-electron chi connectivity index (χ2n) is 5.20. The van der Waals surface area contributed by atoms with E-state index in [1.54, 1.807) is 12.5 Å². The van der Waals surface area contributed by atoms with E-state index in [1.807, 2.05) is 42.5 Å². The van der Waals surface area contributed by atoms with E-state index in [0.29, 0.717) is 6.42 Å². The first-order valence-corrected chi connectivity index (χ1v) is 7.13. The third-order valence-corrected chi connectivity index (χ3v) is 3.73. The second kappa shape index (κ2) is 6.42. The van der Waals surface area contributed by atoms with Gasteiger partial charge < -0.3 is 9.52 Å². The molecule has 1 heterocycles. The zero-order chi connectivity index (χ0) is 14.5. The van der Waals surface area contributed by atoms with E-state index in [1.165, 1.54) is 0 Å². The molecule has 0 aliphatic heterocycles. The van der Waals surface area contributed by atoms with Crippen LogP contribution in [0.1, 0.15) is 22.6 Å². The Labute approximate surface area is 124 Å². The highest BCUT2D eigenvalue weighted by Crippen LogP contribution is 2.29. The van der Waals surface area contributed by atoms with Crippen molar-refractivity contribution < 1.29 is 9.52 Å². The maximum atomic E-state index is 10.7. The van der Waals surface area contributed by atoms with Crippen molar-refractivity contribution in [2.45, 2.75) is 18.4 Å². The van der Waals surface area contributed by atoms with E-state index in [9.17, 15) is 5.11 Å². The fourth-order valence-electron chi connectivity index (χ4n) is 2.73. The van der Waals surface area contributed by atoms with Gasteiger partial charge in [0.1, 0.15) is 0 Å². The van der Waals surface area contributed by atoms with Crippen molar-refractivity contribution in [3.63, 3.8) is 0 Å². The summed E-state index contributed by atoms with van der Waals surface area (Å²) in [5.41, 5.74) is 3.26. The van der Waals surface area contributed by atoms with Gasteiger partial charge in [-0.1, -0.05) is 60.7 Å². The van der Waals surface area contributed by atoms with E-state index in [-0.39, 0.29) is 5.92 Å². The van der Waals surface area contributed by atoms with E-state index in [0.717, 1.165) is 16.7 Å². The largest absolute Gasteiger partial charge is 0.472 e. The number of furan rings is 1. The molecule has 1 atom stereocenters. The molecule has 1 N–H and O–H groups in total. The average Bonchev–Trinajstić information content (AvgIpc) is 3.02. The summed E-state index contributed by atoms with van der Waals surface area (Å²) in [6.45, 7) is 0. The van der Waals surface area contributed by atoms with Crippen molar-refractivity contribution >= 4 is 0 Å². The van der Waals surface area contributed by atoms with Crippen molar-refractivity contribution in [2.24, 2.45) is 0 Å². The molecule has 2 aromatic carbocycles. The van der Waals surface area contributed by atoms with E-state index < -0.39 is 6.10 Å². The van der Waals surface area contributed by atoms with Crippen LogP contribution in [0.15, 0.2) is 83.7 Å². The molecule has 0 fully saturated rings. The van der Waals surface area contributed by atoms with Gasteiger partial charge in [-0.25, -0.2) is 0 Å². The summed E-state index contributed by atoms with van der Waals surface area (Å²) in [4.78, 5) is 0. The highest BCUT2D eigenvalue weighted by Gasteiger charge is 2.23. The molecule has 3 rings (SSSR count). The molecule has 2 heteroatoms. The molecule has 1 unspecified atom stereocenters. The SMILES string of the molecule is OC(Cc1ccoc1)C(c1ccccc1)c1ccccc1. The van der Waals surface area contributed by atoms with E-state index >= 15 is 0 Å². The lowest BCUT2D eigenvalue weighted by molar-refractivity contribution is 0.156. The predicted molar refractivity (Wildman–Crippen MR) is 83.1 cm³/mol. The van der Waals surface area contributed by atoms with Gasteiger partial charge in [0.05, 0.1) is 18.6 Å². The zero-order valence-corrected chi connectivity index (χ0v) is 11.7. The molecular formula is C19H18O2. The van der Waals surface area contributed by atoms with Crippen molar-refractivity contribution in [2.75, 3.05) is 0 Å². The Bertz CT molecular complexity index is 605. The molecule has 1 aromatic heterocycles. The Morgan fingerprint density at radius 1 is 0.810 bits per heavy atom. The molecule has 21 heavy (non-hydrogen) atoms. The van der Waals surface area contributed by atoms with Crippen LogP contribution < -0.4 is 0 Å². The third-order valence-electron chi connectivity index (χ3n) is 3.73. The molecule has 106 valence electrons. The Morgan fingerprint density at radius 3 is 1.86 bits per heavy atom. The number of hydrogen-bond acceptors (Lipinski definition) is 2. The monoisotopic (exact) mass is 278 g/mol. The van der Waals surface area contributed by atoms with Crippen molar-refractivity contribution in [3.05, 3.63) is 95.9 Å². The lowest BCUT2D eigenvalue weighted by atomic mass is 9.84. The molecule has 0 aliphatic rings. The average molecular weight is 278 g/mol. The van der Waals surface area contributed by atoms with Crippen LogP contribution in [0.3, 0.4) is 0 Å². The predicted octanol–water partition coefficient (Wildman–Crippen LogP) is 4.02. The number of benzene rings is 2. The third kappa shape index (κ3) is 3.23. The Kier molecular flexibility index (Phi) is 4.17.